The number of rotatable bonds is 1. The van der Waals surface area contributed by atoms with Crippen LogP contribution in [0.1, 0.15) is 11.1 Å². The van der Waals surface area contributed by atoms with E-state index in [-0.39, 0.29) is 5.82 Å². The first-order valence-corrected chi connectivity index (χ1v) is 5.62. The molecule has 2 heteroatoms. The minimum atomic E-state index is -0.217. The van der Waals surface area contributed by atoms with E-state index in [2.05, 4.69) is 19.1 Å². The van der Waals surface area contributed by atoms with Crippen LogP contribution >= 0.6 is 0 Å². The van der Waals surface area contributed by atoms with E-state index < -0.39 is 0 Å². The molecule has 0 spiro atoms. The summed E-state index contributed by atoms with van der Waals surface area (Å²) in [5.74, 6) is 0.688. The van der Waals surface area contributed by atoms with Gasteiger partial charge in [-0.3, -0.25) is 0 Å². The first-order valence-electron chi connectivity index (χ1n) is 5.62. The fourth-order valence-corrected chi connectivity index (χ4v) is 2.20. The van der Waals surface area contributed by atoms with Crippen molar-refractivity contribution in [2.45, 2.75) is 13.3 Å². The smallest absolute Gasteiger partial charge is 0.140 e. The highest BCUT2D eigenvalue weighted by atomic mass is 19.1. The van der Waals surface area contributed by atoms with E-state index in [9.17, 15) is 4.39 Å². The van der Waals surface area contributed by atoms with E-state index in [1.54, 1.807) is 18.7 Å². The van der Waals surface area contributed by atoms with Crippen LogP contribution in [0.25, 0.3) is 11.1 Å². The Bertz CT molecular complexity index is 558. The molecule has 0 aromatic heterocycles. The van der Waals surface area contributed by atoms with Gasteiger partial charge < -0.3 is 4.74 Å². The van der Waals surface area contributed by atoms with Crippen LogP contribution < -0.4 is 4.74 Å². The molecule has 85 valence electrons. The summed E-state index contributed by atoms with van der Waals surface area (Å²) in [6, 6.07) is 10.7. The van der Waals surface area contributed by atoms with Crippen molar-refractivity contribution < 1.29 is 9.13 Å². The van der Waals surface area contributed by atoms with Crippen LogP contribution in [0.2, 0.25) is 0 Å². The van der Waals surface area contributed by atoms with Crippen molar-refractivity contribution in [2.75, 3.05) is 0 Å². The Labute approximate surface area is 99.9 Å². The van der Waals surface area contributed by atoms with Crippen molar-refractivity contribution in [3.8, 4) is 16.9 Å². The molecular formula is C15H12FO. The van der Waals surface area contributed by atoms with Gasteiger partial charge in [0, 0.05) is 12.0 Å². The first-order chi connectivity index (χ1) is 8.24. The van der Waals surface area contributed by atoms with Gasteiger partial charge in [-0.1, -0.05) is 18.2 Å². The van der Waals surface area contributed by atoms with E-state index in [1.165, 1.54) is 23.3 Å². The van der Waals surface area contributed by atoms with Crippen LogP contribution in [0.3, 0.4) is 0 Å². The molecule has 0 fully saturated rings. The Morgan fingerprint density at radius 1 is 1.12 bits per heavy atom. The lowest BCUT2D eigenvalue weighted by Gasteiger charge is -2.09. The van der Waals surface area contributed by atoms with Gasteiger partial charge in [-0.2, -0.15) is 0 Å². The summed E-state index contributed by atoms with van der Waals surface area (Å²) in [7, 11) is 0. The summed E-state index contributed by atoms with van der Waals surface area (Å²) in [5, 5.41) is 0. The van der Waals surface area contributed by atoms with Crippen LogP contribution in [0, 0.1) is 19.3 Å². The Balaban J connectivity index is 2.17. The van der Waals surface area contributed by atoms with E-state index in [4.69, 9.17) is 4.74 Å². The standard InChI is InChI=1S/C15H12FO/c1-10-8-12-6-7-17-15(12)14(9-10)11-2-4-13(16)5-3-11/h2-5,7-9H,6H2,1H3. The van der Waals surface area contributed by atoms with Gasteiger partial charge in [0.05, 0.1) is 0 Å². The molecule has 1 heterocycles. The molecule has 17 heavy (non-hydrogen) atoms. The van der Waals surface area contributed by atoms with Gasteiger partial charge in [0.15, 0.2) is 0 Å². The molecule has 2 aromatic rings. The Kier molecular flexibility index (Phi) is 2.36. The number of fused-ring (bicyclic) bond motifs is 1. The van der Waals surface area contributed by atoms with Gasteiger partial charge in [-0.15, -0.1) is 0 Å². The minimum absolute atomic E-state index is 0.217. The average molecular weight is 227 g/mol. The average Bonchev–Trinajstić information content (AvgIpc) is 2.77. The SMILES string of the molecule is Cc1cc2c(c(-c3ccc(F)cc3)c1)O[CH]C2. The molecule has 2 aromatic carbocycles. The van der Waals surface area contributed by atoms with E-state index in [0.717, 1.165) is 23.3 Å². The third-order valence-electron chi connectivity index (χ3n) is 2.97. The van der Waals surface area contributed by atoms with Crippen LogP contribution in [0.15, 0.2) is 36.4 Å². The number of aryl methyl sites for hydroxylation is 1. The molecule has 0 unspecified atom stereocenters. The quantitative estimate of drug-likeness (QED) is 0.718. The molecule has 0 N–H and O–H groups in total. The van der Waals surface area contributed by atoms with Crippen LogP contribution in [0.5, 0.6) is 5.75 Å². The van der Waals surface area contributed by atoms with Crippen molar-refractivity contribution in [1.29, 1.82) is 0 Å². The van der Waals surface area contributed by atoms with Crippen LogP contribution in [-0.2, 0) is 6.42 Å². The van der Waals surface area contributed by atoms with Gasteiger partial charge in [-0.25, -0.2) is 4.39 Å². The minimum Gasteiger partial charge on any atom is -0.485 e. The maximum absolute atomic E-state index is 12.9. The van der Waals surface area contributed by atoms with Gasteiger partial charge in [0.25, 0.3) is 0 Å². The molecule has 1 aliphatic rings. The van der Waals surface area contributed by atoms with Gasteiger partial charge >= 0.3 is 0 Å². The van der Waals surface area contributed by atoms with Crippen molar-refractivity contribution in [3.63, 3.8) is 0 Å². The number of halogens is 1. The second kappa shape index (κ2) is 3.88. The third-order valence-corrected chi connectivity index (χ3v) is 2.97. The summed E-state index contributed by atoms with van der Waals surface area (Å²) in [4.78, 5) is 0. The maximum Gasteiger partial charge on any atom is 0.140 e. The molecule has 0 aliphatic carbocycles. The molecule has 0 saturated heterocycles. The van der Waals surface area contributed by atoms with Gasteiger partial charge in [0.2, 0.25) is 0 Å². The molecule has 1 nitrogen and oxygen atoms in total. The van der Waals surface area contributed by atoms with Gasteiger partial charge in [0.1, 0.15) is 18.2 Å². The lowest BCUT2D eigenvalue weighted by molar-refractivity contribution is 0.436. The topological polar surface area (TPSA) is 9.23 Å². The molecule has 0 amide bonds. The molecular weight excluding hydrogens is 215 g/mol. The Hall–Kier alpha value is -1.83. The van der Waals surface area contributed by atoms with Crippen LogP contribution in [0.4, 0.5) is 4.39 Å². The summed E-state index contributed by atoms with van der Waals surface area (Å²) >= 11 is 0. The third kappa shape index (κ3) is 1.80. The zero-order valence-electron chi connectivity index (χ0n) is 9.53. The first kappa shape index (κ1) is 10.3. The molecule has 1 aliphatic heterocycles. The van der Waals surface area contributed by atoms with Crippen molar-refractivity contribution in [3.05, 3.63) is 59.9 Å². The molecule has 0 saturated carbocycles. The van der Waals surface area contributed by atoms with E-state index in [0.29, 0.717) is 0 Å². The largest absolute Gasteiger partial charge is 0.485 e. The predicted octanol–water partition coefficient (Wildman–Crippen LogP) is 3.90. The lowest BCUT2D eigenvalue weighted by Crippen LogP contribution is -1.87. The van der Waals surface area contributed by atoms with E-state index in [1.807, 2.05) is 0 Å². The predicted molar refractivity (Wildman–Crippen MR) is 65.2 cm³/mol. The maximum atomic E-state index is 12.9. The van der Waals surface area contributed by atoms with Crippen molar-refractivity contribution in [2.24, 2.45) is 0 Å². The summed E-state index contributed by atoms with van der Waals surface area (Å²) in [6.45, 7) is 3.86. The molecule has 1 radical (unpaired) electrons. The van der Waals surface area contributed by atoms with Crippen molar-refractivity contribution >= 4 is 0 Å². The molecule has 0 atom stereocenters. The van der Waals surface area contributed by atoms with Crippen LogP contribution in [-0.4, -0.2) is 0 Å². The fraction of sp³-hybridized carbons (Fsp3) is 0.133. The molecule has 3 rings (SSSR count). The lowest BCUT2D eigenvalue weighted by atomic mass is 9.98. The highest BCUT2D eigenvalue weighted by Gasteiger charge is 2.18. The second-order valence-electron chi connectivity index (χ2n) is 4.30. The zero-order chi connectivity index (χ0) is 11.8. The number of benzene rings is 2. The number of hydrogen-bond acceptors (Lipinski definition) is 1. The highest BCUT2D eigenvalue weighted by Crippen LogP contribution is 2.38. The number of ether oxygens (including phenoxy) is 1. The van der Waals surface area contributed by atoms with Gasteiger partial charge in [-0.05, 0) is 41.8 Å². The zero-order valence-corrected chi connectivity index (χ0v) is 9.53. The Morgan fingerprint density at radius 3 is 2.65 bits per heavy atom. The monoisotopic (exact) mass is 227 g/mol. The summed E-state index contributed by atoms with van der Waals surface area (Å²) in [6.07, 6.45) is 0.839. The van der Waals surface area contributed by atoms with E-state index >= 15 is 0 Å². The Morgan fingerprint density at radius 2 is 1.88 bits per heavy atom. The summed E-state index contributed by atoms with van der Waals surface area (Å²) < 4.78 is 18.5. The van der Waals surface area contributed by atoms with Crippen molar-refractivity contribution in [1.82, 2.24) is 0 Å². The summed E-state index contributed by atoms with van der Waals surface area (Å²) in [5.41, 5.74) is 4.42. The molecule has 0 bridgehead atoms. The highest BCUT2D eigenvalue weighted by molar-refractivity contribution is 5.74. The number of hydrogen-bond donors (Lipinski definition) is 0. The fourth-order valence-electron chi connectivity index (χ4n) is 2.20. The second-order valence-corrected chi connectivity index (χ2v) is 4.30. The normalized spacial score (nSPS) is 13.3.